The van der Waals surface area contributed by atoms with E-state index < -0.39 is 21.7 Å². The molecular weight excluding hydrogens is 307 g/mol. The third-order valence-corrected chi connectivity index (χ3v) is 4.75. The number of nitrogens with one attached hydrogen (secondary N) is 2. The largest absolute Gasteiger partial charge is 0.407 e. The predicted molar refractivity (Wildman–Crippen MR) is 71.4 cm³/mol. The van der Waals surface area contributed by atoms with Gasteiger partial charge in [-0.05, 0) is 31.4 Å². The average Bonchev–Trinajstić information content (AvgIpc) is 3.16. The highest BCUT2D eigenvalue weighted by molar-refractivity contribution is 7.89. The molecule has 118 valence electrons. The minimum absolute atomic E-state index is 0.237. The van der Waals surface area contributed by atoms with E-state index in [-0.39, 0.29) is 17.7 Å². The van der Waals surface area contributed by atoms with Gasteiger partial charge in [0.1, 0.15) is 16.3 Å². The van der Waals surface area contributed by atoms with E-state index in [1.807, 2.05) is 6.92 Å². The number of halogens is 3. The Bertz CT molecular complexity index is 595. The van der Waals surface area contributed by atoms with Crippen molar-refractivity contribution in [1.29, 1.82) is 0 Å². The molecule has 0 aliphatic heterocycles. The van der Waals surface area contributed by atoms with E-state index in [0.29, 0.717) is 12.4 Å². The third-order valence-electron chi connectivity index (χ3n) is 3.23. The number of aromatic nitrogens is 1. The lowest BCUT2D eigenvalue weighted by atomic mass is 10.3. The second-order valence-corrected chi connectivity index (χ2v) is 6.67. The second kappa shape index (κ2) is 5.45. The summed E-state index contributed by atoms with van der Waals surface area (Å²) < 4.78 is 64.1. The highest BCUT2D eigenvalue weighted by Crippen LogP contribution is 2.49. The van der Waals surface area contributed by atoms with E-state index in [9.17, 15) is 21.6 Å². The van der Waals surface area contributed by atoms with Crippen molar-refractivity contribution in [2.24, 2.45) is 0 Å². The van der Waals surface area contributed by atoms with Gasteiger partial charge in [-0.3, -0.25) is 0 Å². The molecule has 0 radical (unpaired) electrons. The molecule has 1 heterocycles. The molecule has 5 nitrogen and oxygen atoms in total. The van der Waals surface area contributed by atoms with Crippen LogP contribution in [-0.2, 0) is 10.0 Å². The van der Waals surface area contributed by atoms with Crippen LogP contribution < -0.4 is 10.0 Å². The lowest BCUT2D eigenvalue weighted by Crippen LogP contribution is -2.47. The Hall–Kier alpha value is -1.35. The average molecular weight is 323 g/mol. The Morgan fingerprint density at radius 2 is 2.00 bits per heavy atom. The summed E-state index contributed by atoms with van der Waals surface area (Å²) in [4.78, 5) is 3.61. The summed E-state index contributed by atoms with van der Waals surface area (Å²) in [7, 11) is -4.24. The van der Waals surface area contributed by atoms with Gasteiger partial charge in [-0.25, -0.2) is 13.4 Å². The van der Waals surface area contributed by atoms with Crippen molar-refractivity contribution in [2.75, 3.05) is 11.9 Å². The fourth-order valence-corrected chi connectivity index (χ4v) is 3.17. The Morgan fingerprint density at radius 1 is 1.33 bits per heavy atom. The van der Waals surface area contributed by atoms with Gasteiger partial charge in [-0.2, -0.15) is 17.9 Å². The number of sulfonamides is 1. The Balaban J connectivity index is 2.13. The monoisotopic (exact) mass is 323 g/mol. The fraction of sp³-hybridized carbons (Fsp3) is 0.583. The lowest BCUT2D eigenvalue weighted by Gasteiger charge is -2.20. The summed E-state index contributed by atoms with van der Waals surface area (Å²) in [6.07, 6.45) is -3.14. The number of nitrogens with zero attached hydrogens (tertiary/aromatic N) is 1. The number of pyridine rings is 1. The number of anilines is 1. The van der Waals surface area contributed by atoms with Gasteiger partial charge in [0.15, 0.2) is 0 Å². The molecule has 0 aromatic carbocycles. The van der Waals surface area contributed by atoms with Crippen LogP contribution in [0.2, 0.25) is 0 Å². The van der Waals surface area contributed by atoms with Crippen molar-refractivity contribution in [1.82, 2.24) is 9.71 Å². The lowest BCUT2D eigenvalue weighted by molar-refractivity contribution is -0.160. The van der Waals surface area contributed by atoms with Crippen LogP contribution in [0.3, 0.4) is 0 Å². The van der Waals surface area contributed by atoms with Crippen LogP contribution in [-0.4, -0.2) is 31.7 Å². The van der Waals surface area contributed by atoms with Crippen molar-refractivity contribution < 1.29 is 21.6 Å². The molecule has 21 heavy (non-hydrogen) atoms. The first-order valence-corrected chi connectivity index (χ1v) is 7.99. The maximum Gasteiger partial charge on any atom is 0.407 e. The first-order valence-electron chi connectivity index (χ1n) is 6.51. The van der Waals surface area contributed by atoms with E-state index >= 15 is 0 Å². The standard InChI is InChI=1S/C12H16F3N3O2S/c1-2-7-16-10-4-3-9(8-17-10)21(19,20)18-11(5-6-11)12(13,14)15/h3-4,8,18H,2,5-7H2,1H3,(H,16,17). The van der Waals surface area contributed by atoms with E-state index in [4.69, 9.17) is 0 Å². The van der Waals surface area contributed by atoms with Crippen LogP contribution >= 0.6 is 0 Å². The molecule has 0 atom stereocenters. The van der Waals surface area contributed by atoms with Crippen molar-refractivity contribution >= 4 is 15.8 Å². The smallest absolute Gasteiger partial charge is 0.370 e. The van der Waals surface area contributed by atoms with E-state index in [0.717, 1.165) is 12.6 Å². The molecule has 0 bridgehead atoms. The summed E-state index contributed by atoms with van der Waals surface area (Å²) in [5, 5.41) is 2.95. The number of alkyl halides is 3. The first kappa shape index (κ1) is 16.0. The van der Waals surface area contributed by atoms with Crippen molar-refractivity contribution in [3.63, 3.8) is 0 Å². The van der Waals surface area contributed by atoms with Crippen LogP contribution in [0.4, 0.5) is 19.0 Å². The van der Waals surface area contributed by atoms with Crippen LogP contribution in [0.5, 0.6) is 0 Å². The molecule has 1 aliphatic carbocycles. The van der Waals surface area contributed by atoms with Gasteiger partial charge in [0, 0.05) is 12.7 Å². The summed E-state index contributed by atoms with van der Waals surface area (Å²) in [5.74, 6) is 0.479. The van der Waals surface area contributed by atoms with Crippen LogP contribution in [0, 0.1) is 0 Å². The van der Waals surface area contributed by atoms with Gasteiger partial charge in [0.2, 0.25) is 10.0 Å². The molecule has 1 aliphatic rings. The van der Waals surface area contributed by atoms with Gasteiger partial charge in [-0.15, -0.1) is 0 Å². The maximum absolute atomic E-state index is 12.8. The van der Waals surface area contributed by atoms with Crippen LogP contribution in [0.1, 0.15) is 26.2 Å². The topological polar surface area (TPSA) is 71.1 Å². The predicted octanol–water partition coefficient (Wildman–Crippen LogP) is 2.28. The van der Waals surface area contributed by atoms with E-state index in [2.05, 4.69) is 10.3 Å². The molecule has 1 saturated carbocycles. The fourth-order valence-electron chi connectivity index (χ4n) is 1.78. The molecule has 0 spiro atoms. The van der Waals surface area contributed by atoms with Crippen molar-refractivity contribution in [3.8, 4) is 0 Å². The molecule has 0 unspecified atom stereocenters. The summed E-state index contributed by atoms with van der Waals surface area (Å²) in [6, 6.07) is 2.66. The van der Waals surface area contributed by atoms with Gasteiger partial charge in [0.05, 0.1) is 0 Å². The molecule has 0 saturated heterocycles. The van der Waals surface area contributed by atoms with Crippen molar-refractivity contribution in [3.05, 3.63) is 18.3 Å². The first-order chi connectivity index (χ1) is 9.70. The van der Waals surface area contributed by atoms with Gasteiger partial charge >= 0.3 is 6.18 Å². The molecule has 1 fully saturated rings. The number of hydrogen-bond donors (Lipinski definition) is 2. The molecule has 0 amide bonds. The van der Waals surface area contributed by atoms with Crippen LogP contribution in [0.15, 0.2) is 23.2 Å². The van der Waals surface area contributed by atoms with Gasteiger partial charge in [0.25, 0.3) is 0 Å². The molecule has 2 N–H and O–H groups in total. The summed E-state index contributed by atoms with van der Waals surface area (Å²) in [6.45, 7) is 2.64. The highest BCUT2D eigenvalue weighted by Gasteiger charge is 2.65. The zero-order valence-electron chi connectivity index (χ0n) is 11.4. The molecule has 2 rings (SSSR count). The Kier molecular flexibility index (Phi) is 4.16. The minimum Gasteiger partial charge on any atom is -0.370 e. The molecule has 1 aromatic rings. The van der Waals surface area contributed by atoms with Gasteiger partial charge in [-0.1, -0.05) is 6.92 Å². The van der Waals surface area contributed by atoms with E-state index in [1.54, 1.807) is 4.72 Å². The third kappa shape index (κ3) is 3.46. The minimum atomic E-state index is -4.59. The maximum atomic E-state index is 12.8. The summed E-state index contributed by atoms with van der Waals surface area (Å²) in [5.41, 5.74) is -2.31. The second-order valence-electron chi connectivity index (χ2n) is 4.99. The number of rotatable bonds is 6. The van der Waals surface area contributed by atoms with E-state index in [1.165, 1.54) is 12.1 Å². The zero-order chi connectivity index (χ0) is 15.7. The molecule has 9 heteroatoms. The summed E-state index contributed by atoms with van der Waals surface area (Å²) >= 11 is 0. The Labute approximate surface area is 121 Å². The SMILES string of the molecule is CCCNc1ccc(S(=O)(=O)NC2(C(F)(F)F)CC2)cn1. The van der Waals surface area contributed by atoms with Crippen LogP contribution in [0.25, 0.3) is 0 Å². The Morgan fingerprint density at radius 3 is 2.43 bits per heavy atom. The number of hydrogen-bond acceptors (Lipinski definition) is 4. The zero-order valence-corrected chi connectivity index (χ0v) is 12.2. The van der Waals surface area contributed by atoms with Gasteiger partial charge < -0.3 is 5.32 Å². The van der Waals surface area contributed by atoms with Crippen molar-refractivity contribution in [2.45, 2.75) is 42.8 Å². The molecular formula is C12H16F3N3O2S. The normalized spacial score (nSPS) is 17.5. The quantitative estimate of drug-likeness (QED) is 0.842. The molecule has 1 aromatic heterocycles. The highest BCUT2D eigenvalue weighted by atomic mass is 32.2.